The molecule has 130 valence electrons. The van der Waals surface area contributed by atoms with Crippen molar-refractivity contribution in [1.82, 2.24) is 9.88 Å². The van der Waals surface area contributed by atoms with Crippen LogP contribution >= 0.6 is 0 Å². The molecule has 7 nitrogen and oxygen atoms in total. The summed E-state index contributed by atoms with van der Waals surface area (Å²) in [6, 6.07) is 8.82. The molecule has 0 atom stereocenters. The Bertz CT molecular complexity index is 785. The number of hydrogen-bond acceptors (Lipinski definition) is 5. The molecule has 2 heterocycles. The van der Waals surface area contributed by atoms with Crippen LogP contribution in [0.15, 0.2) is 42.6 Å². The summed E-state index contributed by atoms with van der Waals surface area (Å²) in [5.41, 5.74) is 0.429. The number of pyridine rings is 1. The van der Waals surface area contributed by atoms with Crippen LogP contribution < -0.4 is 4.90 Å². The zero-order valence-corrected chi connectivity index (χ0v) is 13.5. The van der Waals surface area contributed by atoms with E-state index in [4.69, 9.17) is 0 Å². The number of amides is 1. The number of rotatable bonds is 3. The Morgan fingerprint density at radius 3 is 2.68 bits per heavy atom. The van der Waals surface area contributed by atoms with Crippen LogP contribution in [-0.2, 0) is 0 Å². The van der Waals surface area contributed by atoms with Gasteiger partial charge in [0.25, 0.3) is 11.6 Å². The number of aromatic nitrogens is 1. The number of nitrogens with zero attached hydrogens (tertiary/aromatic N) is 4. The number of non-ortho nitro benzene ring substituents is 1. The minimum Gasteiger partial charge on any atom is -0.367 e. The maximum Gasteiger partial charge on any atom is 0.272 e. The Morgan fingerprint density at radius 2 is 2.00 bits per heavy atom. The highest BCUT2D eigenvalue weighted by Crippen LogP contribution is 2.25. The smallest absolute Gasteiger partial charge is 0.272 e. The molecule has 1 aromatic carbocycles. The highest BCUT2D eigenvalue weighted by Gasteiger charge is 2.23. The molecule has 2 aromatic rings. The number of anilines is 1. The van der Waals surface area contributed by atoms with Crippen molar-refractivity contribution in [2.45, 2.75) is 6.42 Å². The van der Waals surface area contributed by atoms with Crippen LogP contribution in [0.2, 0.25) is 0 Å². The highest BCUT2D eigenvalue weighted by molar-refractivity contribution is 5.92. The van der Waals surface area contributed by atoms with Gasteiger partial charge in [-0.15, -0.1) is 0 Å². The van der Waals surface area contributed by atoms with Gasteiger partial charge in [-0.2, -0.15) is 0 Å². The SMILES string of the molecule is O=C(c1ccccn1)N1CCCN(c2ccc([N+](=O)[O-])cc2F)CC1. The van der Waals surface area contributed by atoms with E-state index in [9.17, 15) is 19.3 Å². The van der Waals surface area contributed by atoms with Crippen molar-refractivity contribution in [1.29, 1.82) is 0 Å². The van der Waals surface area contributed by atoms with E-state index in [1.165, 1.54) is 12.1 Å². The van der Waals surface area contributed by atoms with Crippen LogP contribution in [0.4, 0.5) is 15.8 Å². The lowest BCUT2D eigenvalue weighted by Gasteiger charge is -2.24. The molecular formula is C17H17FN4O3. The van der Waals surface area contributed by atoms with E-state index in [-0.39, 0.29) is 11.6 Å². The number of benzene rings is 1. The molecule has 0 N–H and O–H groups in total. The first-order valence-electron chi connectivity index (χ1n) is 7.95. The second-order valence-electron chi connectivity index (χ2n) is 5.74. The second-order valence-corrected chi connectivity index (χ2v) is 5.74. The third-order valence-electron chi connectivity index (χ3n) is 4.15. The molecule has 3 rings (SSSR count). The van der Waals surface area contributed by atoms with Gasteiger partial charge in [0.15, 0.2) is 5.82 Å². The molecule has 8 heteroatoms. The van der Waals surface area contributed by atoms with Crippen LogP contribution in [0.5, 0.6) is 0 Å². The van der Waals surface area contributed by atoms with Crippen molar-refractivity contribution in [2.24, 2.45) is 0 Å². The summed E-state index contributed by atoms with van der Waals surface area (Å²) in [5.74, 6) is -0.773. The molecule has 0 aliphatic carbocycles. The number of carbonyl (C=O) groups excluding carboxylic acids is 1. The number of nitro groups is 1. The number of carbonyl (C=O) groups is 1. The van der Waals surface area contributed by atoms with Gasteiger partial charge >= 0.3 is 0 Å². The molecular weight excluding hydrogens is 327 g/mol. The summed E-state index contributed by atoms with van der Waals surface area (Å²) in [5, 5.41) is 10.7. The first-order valence-corrected chi connectivity index (χ1v) is 7.95. The summed E-state index contributed by atoms with van der Waals surface area (Å²) in [6.45, 7) is 2.01. The van der Waals surface area contributed by atoms with Gasteiger partial charge in [0, 0.05) is 38.4 Å². The van der Waals surface area contributed by atoms with Crippen molar-refractivity contribution < 1.29 is 14.1 Å². The van der Waals surface area contributed by atoms with Crippen LogP contribution in [0, 0.1) is 15.9 Å². The van der Waals surface area contributed by atoms with E-state index in [0.717, 1.165) is 6.07 Å². The lowest BCUT2D eigenvalue weighted by molar-refractivity contribution is -0.385. The standard InChI is InChI=1S/C17H17FN4O3/c18-14-12-13(22(24)25)5-6-16(14)20-8-3-9-21(11-10-20)17(23)15-4-1-2-7-19-15/h1-2,4-7,12H,3,8-11H2. The van der Waals surface area contributed by atoms with E-state index in [0.29, 0.717) is 44.0 Å². The molecule has 0 spiro atoms. The minimum atomic E-state index is -0.626. The predicted octanol–water partition coefficient (Wildman–Crippen LogP) is 2.48. The quantitative estimate of drug-likeness (QED) is 0.631. The summed E-state index contributed by atoms with van der Waals surface area (Å²) in [7, 11) is 0. The normalized spacial score (nSPS) is 14.9. The summed E-state index contributed by atoms with van der Waals surface area (Å²) in [6.07, 6.45) is 2.25. The van der Waals surface area contributed by atoms with E-state index >= 15 is 0 Å². The summed E-state index contributed by atoms with van der Waals surface area (Å²) in [4.78, 5) is 30.2. The van der Waals surface area contributed by atoms with Crippen molar-refractivity contribution in [3.05, 3.63) is 64.2 Å². The average molecular weight is 344 g/mol. The Balaban J connectivity index is 1.72. The molecule has 1 aromatic heterocycles. The number of halogens is 1. The Labute approximate surface area is 143 Å². The third-order valence-corrected chi connectivity index (χ3v) is 4.15. The number of nitro benzene ring substituents is 1. The topological polar surface area (TPSA) is 79.6 Å². The van der Waals surface area contributed by atoms with Crippen LogP contribution in [0.1, 0.15) is 16.9 Å². The lowest BCUT2D eigenvalue weighted by Crippen LogP contribution is -2.35. The zero-order valence-electron chi connectivity index (χ0n) is 13.5. The van der Waals surface area contributed by atoms with Gasteiger partial charge in [0.2, 0.25) is 0 Å². The molecule has 1 aliphatic rings. The minimum absolute atomic E-state index is 0.147. The first-order chi connectivity index (χ1) is 12.1. The van der Waals surface area contributed by atoms with Crippen molar-refractivity contribution in [3.8, 4) is 0 Å². The Hall–Kier alpha value is -3.03. The molecule has 0 radical (unpaired) electrons. The zero-order chi connectivity index (χ0) is 17.8. The van der Waals surface area contributed by atoms with E-state index in [1.54, 1.807) is 29.3 Å². The molecule has 25 heavy (non-hydrogen) atoms. The van der Waals surface area contributed by atoms with Gasteiger partial charge in [-0.1, -0.05) is 6.07 Å². The Morgan fingerprint density at radius 1 is 1.16 bits per heavy atom. The van der Waals surface area contributed by atoms with E-state index in [2.05, 4.69) is 4.98 Å². The molecule has 1 fully saturated rings. The highest BCUT2D eigenvalue weighted by atomic mass is 19.1. The van der Waals surface area contributed by atoms with Crippen LogP contribution in [0.3, 0.4) is 0 Å². The van der Waals surface area contributed by atoms with Crippen LogP contribution in [-0.4, -0.2) is 46.9 Å². The van der Waals surface area contributed by atoms with Gasteiger partial charge in [-0.05, 0) is 24.6 Å². The Kier molecular flexibility index (Phi) is 4.87. The third kappa shape index (κ3) is 3.73. The predicted molar refractivity (Wildman–Crippen MR) is 90.0 cm³/mol. The fourth-order valence-electron chi connectivity index (χ4n) is 2.88. The van der Waals surface area contributed by atoms with Gasteiger partial charge < -0.3 is 9.80 Å². The monoisotopic (exact) mass is 344 g/mol. The maximum absolute atomic E-state index is 14.2. The van der Waals surface area contributed by atoms with Crippen LogP contribution in [0.25, 0.3) is 0 Å². The van der Waals surface area contributed by atoms with Gasteiger partial charge in [-0.3, -0.25) is 19.9 Å². The molecule has 0 unspecified atom stereocenters. The fourth-order valence-corrected chi connectivity index (χ4v) is 2.88. The van der Waals surface area contributed by atoms with Crippen molar-refractivity contribution in [3.63, 3.8) is 0 Å². The molecule has 0 saturated carbocycles. The maximum atomic E-state index is 14.2. The van der Waals surface area contributed by atoms with Crippen molar-refractivity contribution >= 4 is 17.3 Å². The average Bonchev–Trinajstić information content (AvgIpc) is 2.87. The molecule has 0 bridgehead atoms. The van der Waals surface area contributed by atoms with Gasteiger partial charge in [0.1, 0.15) is 5.69 Å². The summed E-state index contributed by atoms with van der Waals surface area (Å²) < 4.78 is 14.2. The van der Waals surface area contributed by atoms with Gasteiger partial charge in [-0.25, -0.2) is 4.39 Å². The molecule has 1 amide bonds. The lowest BCUT2D eigenvalue weighted by atomic mass is 10.2. The van der Waals surface area contributed by atoms with Gasteiger partial charge in [0.05, 0.1) is 16.7 Å². The van der Waals surface area contributed by atoms with Crippen molar-refractivity contribution in [2.75, 3.05) is 31.1 Å². The first kappa shape index (κ1) is 16.8. The fraction of sp³-hybridized carbons (Fsp3) is 0.294. The molecule has 1 saturated heterocycles. The summed E-state index contributed by atoms with van der Waals surface area (Å²) >= 11 is 0. The number of hydrogen-bond donors (Lipinski definition) is 0. The largest absolute Gasteiger partial charge is 0.367 e. The van der Waals surface area contributed by atoms with E-state index in [1.807, 2.05) is 4.90 Å². The second kappa shape index (κ2) is 7.25. The van der Waals surface area contributed by atoms with E-state index < -0.39 is 10.7 Å². The molecule has 1 aliphatic heterocycles.